The molecular weight excluding hydrogens is 290 g/mol. The van der Waals surface area contributed by atoms with Gasteiger partial charge in [-0.1, -0.05) is 0 Å². The zero-order valence-electron chi connectivity index (χ0n) is 13.7. The van der Waals surface area contributed by atoms with Crippen LogP contribution in [0.4, 0.5) is 0 Å². The van der Waals surface area contributed by atoms with Crippen molar-refractivity contribution in [3.05, 3.63) is 53.9 Å². The van der Waals surface area contributed by atoms with Crippen LogP contribution in [0, 0.1) is 0 Å². The maximum Gasteiger partial charge on any atom is 0.127 e. The van der Waals surface area contributed by atoms with E-state index in [0.29, 0.717) is 0 Å². The highest BCUT2D eigenvalue weighted by molar-refractivity contribution is 5.46. The van der Waals surface area contributed by atoms with Crippen LogP contribution in [0.2, 0.25) is 0 Å². The smallest absolute Gasteiger partial charge is 0.127 e. The molecule has 1 aliphatic heterocycles. The number of nitrogens with zero attached hydrogens (tertiary/aromatic N) is 2. The maximum absolute atomic E-state index is 5.64. The van der Waals surface area contributed by atoms with Gasteiger partial charge < -0.3 is 14.8 Å². The van der Waals surface area contributed by atoms with E-state index in [1.54, 1.807) is 14.2 Å². The van der Waals surface area contributed by atoms with Gasteiger partial charge in [0.05, 0.1) is 20.3 Å². The van der Waals surface area contributed by atoms with Crippen molar-refractivity contribution in [3.63, 3.8) is 0 Å². The molecule has 2 aromatic rings. The zero-order chi connectivity index (χ0) is 16.1. The second kappa shape index (κ2) is 7.44. The van der Waals surface area contributed by atoms with Gasteiger partial charge in [-0.05, 0) is 29.8 Å². The molecule has 0 radical (unpaired) electrons. The SMILES string of the molecule is COc1ccc(C(c2ccncc2)N2CCNCC2)c(OC)c1. The molecule has 1 N–H and O–H groups in total. The molecule has 1 saturated heterocycles. The summed E-state index contributed by atoms with van der Waals surface area (Å²) in [5.74, 6) is 1.66. The van der Waals surface area contributed by atoms with Gasteiger partial charge in [-0.15, -0.1) is 0 Å². The lowest BCUT2D eigenvalue weighted by atomic mass is 9.96. The summed E-state index contributed by atoms with van der Waals surface area (Å²) in [5, 5.41) is 3.41. The molecule has 1 atom stereocenters. The molecule has 1 fully saturated rings. The lowest BCUT2D eigenvalue weighted by molar-refractivity contribution is 0.195. The monoisotopic (exact) mass is 313 g/mol. The third-order valence-corrected chi connectivity index (χ3v) is 4.27. The molecular formula is C18H23N3O2. The van der Waals surface area contributed by atoms with Gasteiger partial charge in [-0.3, -0.25) is 9.88 Å². The van der Waals surface area contributed by atoms with Crippen molar-refractivity contribution in [1.29, 1.82) is 0 Å². The number of aromatic nitrogens is 1. The Kier molecular flexibility index (Phi) is 5.10. The van der Waals surface area contributed by atoms with Crippen molar-refractivity contribution in [2.75, 3.05) is 40.4 Å². The molecule has 0 aliphatic carbocycles. The van der Waals surface area contributed by atoms with Crippen LogP contribution < -0.4 is 14.8 Å². The number of hydrogen-bond donors (Lipinski definition) is 1. The van der Waals surface area contributed by atoms with Gasteiger partial charge in [0.2, 0.25) is 0 Å². The number of pyridine rings is 1. The molecule has 1 aromatic heterocycles. The van der Waals surface area contributed by atoms with E-state index in [2.05, 4.69) is 33.4 Å². The van der Waals surface area contributed by atoms with Gasteiger partial charge in [0, 0.05) is 50.2 Å². The summed E-state index contributed by atoms with van der Waals surface area (Å²) < 4.78 is 11.0. The van der Waals surface area contributed by atoms with Crippen LogP contribution in [0.5, 0.6) is 11.5 Å². The summed E-state index contributed by atoms with van der Waals surface area (Å²) in [6, 6.07) is 10.4. The highest BCUT2D eigenvalue weighted by atomic mass is 16.5. The second-order valence-electron chi connectivity index (χ2n) is 5.58. The lowest BCUT2D eigenvalue weighted by Gasteiger charge is -2.36. The predicted octanol–water partition coefficient (Wildman–Crippen LogP) is 2.09. The molecule has 1 unspecified atom stereocenters. The molecule has 5 heteroatoms. The molecule has 122 valence electrons. The molecule has 0 spiro atoms. The lowest BCUT2D eigenvalue weighted by Crippen LogP contribution is -2.45. The molecule has 3 rings (SSSR count). The Hall–Kier alpha value is -2.11. The van der Waals surface area contributed by atoms with Crippen LogP contribution in [0.15, 0.2) is 42.7 Å². The molecule has 5 nitrogen and oxygen atoms in total. The van der Waals surface area contributed by atoms with E-state index in [9.17, 15) is 0 Å². The van der Waals surface area contributed by atoms with E-state index in [1.807, 2.05) is 24.5 Å². The average Bonchev–Trinajstić information content (AvgIpc) is 2.64. The summed E-state index contributed by atoms with van der Waals surface area (Å²) in [5.41, 5.74) is 2.38. The third kappa shape index (κ3) is 3.46. The number of nitrogens with one attached hydrogen (secondary N) is 1. The van der Waals surface area contributed by atoms with Gasteiger partial charge in [0.25, 0.3) is 0 Å². The Labute approximate surface area is 137 Å². The summed E-state index contributed by atoms with van der Waals surface area (Å²) in [4.78, 5) is 6.64. The van der Waals surface area contributed by atoms with Gasteiger partial charge >= 0.3 is 0 Å². The van der Waals surface area contributed by atoms with Crippen molar-refractivity contribution in [3.8, 4) is 11.5 Å². The first-order valence-electron chi connectivity index (χ1n) is 7.90. The van der Waals surface area contributed by atoms with E-state index in [-0.39, 0.29) is 6.04 Å². The minimum absolute atomic E-state index is 0.154. The average molecular weight is 313 g/mol. The first-order chi connectivity index (χ1) is 11.3. The fourth-order valence-corrected chi connectivity index (χ4v) is 3.12. The van der Waals surface area contributed by atoms with E-state index in [0.717, 1.165) is 43.2 Å². The molecule has 0 amide bonds. The second-order valence-corrected chi connectivity index (χ2v) is 5.58. The van der Waals surface area contributed by atoms with E-state index >= 15 is 0 Å². The van der Waals surface area contributed by atoms with Crippen LogP contribution in [-0.4, -0.2) is 50.3 Å². The summed E-state index contributed by atoms with van der Waals surface area (Å²) in [7, 11) is 3.38. The van der Waals surface area contributed by atoms with Crippen molar-refractivity contribution >= 4 is 0 Å². The first-order valence-corrected chi connectivity index (χ1v) is 7.90. The van der Waals surface area contributed by atoms with Gasteiger partial charge in [0.1, 0.15) is 11.5 Å². The van der Waals surface area contributed by atoms with Gasteiger partial charge in [-0.2, -0.15) is 0 Å². The standard InChI is InChI=1S/C18H23N3O2/c1-22-15-3-4-16(17(13-15)23-2)18(14-5-7-19-8-6-14)21-11-9-20-10-12-21/h3-8,13,18,20H,9-12H2,1-2H3. The van der Waals surface area contributed by atoms with Crippen LogP contribution in [0.25, 0.3) is 0 Å². The van der Waals surface area contributed by atoms with Crippen LogP contribution in [0.3, 0.4) is 0 Å². The fraction of sp³-hybridized carbons (Fsp3) is 0.389. The largest absolute Gasteiger partial charge is 0.497 e. The number of hydrogen-bond acceptors (Lipinski definition) is 5. The minimum Gasteiger partial charge on any atom is -0.497 e. The minimum atomic E-state index is 0.154. The Balaban J connectivity index is 2.04. The predicted molar refractivity (Wildman–Crippen MR) is 90.1 cm³/mol. The molecule has 0 bridgehead atoms. The van der Waals surface area contributed by atoms with Crippen LogP contribution in [-0.2, 0) is 0 Å². The Bertz CT molecular complexity index is 627. The third-order valence-electron chi connectivity index (χ3n) is 4.27. The molecule has 2 heterocycles. The molecule has 1 aliphatic rings. The maximum atomic E-state index is 5.64. The zero-order valence-corrected chi connectivity index (χ0v) is 13.7. The fourth-order valence-electron chi connectivity index (χ4n) is 3.12. The molecule has 0 saturated carbocycles. The topological polar surface area (TPSA) is 46.6 Å². The number of ether oxygens (including phenoxy) is 2. The van der Waals surface area contributed by atoms with Crippen molar-refractivity contribution in [2.45, 2.75) is 6.04 Å². The van der Waals surface area contributed by atoms with E-state index in [4.69, 9.17) is 9.47 Å². The van der Waals surface area contributed by atoms with Gasteiger partial charge in [0.15, 0.2) is 0 Å². The Morgan fingerprint density at radius 2 is 1.78 bits per heavy atom. The van der Waals surface area contributed by atoms with E-state index < -0.39 is 0 Å². The summed E-state index contributed by atoms with van der Waals surface area (Å²) >= 11 is 0. The highest BCUT2D eigenvalue weighted by Crippen LogP contribution is 2.36. The summed E-state index contributed by atoms with van der Waals surface area (Å²) in [6.07, 6.45) is 3.70. The van der Waals surface area contributed by atoms with E-state index in [1.165, 1.54) is 5.56 Å². The summed E-state index contributed by atoms with van der Waals surface area (Å²) in [6.45, 7) is 4.00. The number of piperazine rings is 1. The van der Waals surface area contributed by atoms with Crippen LogP contribution in [0.1, 0.15) is 17.2 Å². The Morgan fingerprint density at radius 3 is 2.43 bits per heavy atom. The number of rotatable bonds is 5. The van der Waals surface area contributed by atoms with Crippen LogP contribution >= 0.6 is 0 Å². The number of benzene rings is 1. The van der Waals surface area contributed by atoms with Crippen molar-refractivity contribution in [1.82, 2.24) is 15.2 Å². The number of methoxy groups -OCH3 is 2. The molecule has 23 heavy (non-hydrogen) atoms. The van der Waals surface area contributed by atoms with Crippen molar-refractivity contribution in [2.24, 2.45) is 0 Å². The quantitative estimate of drug-likeness (QED) is 0.916. The molecule has 1 aromatic carbocycles. The highest BCUT2D eigenvalue weighted by Gasteiger charge is 2.26. The van der Waals surface area contributed by atoms with Gasteiger partial charge in [-0.25, -0.2) is 0 Å². The van der Waals surface area contributed by atoms with Crippen molar-refractivity contribution < 1.29 is 9.47 Å². The Morgan fingerprint density at radius 1 is 1.04 bits per heavy atom. The first kappa shape index (κ1) is 15.8. The normalized spacial score (nSPS) is 16.8.